The first kappa shape index (κ1) is 55.8. The van der Waals surface area contributed by atoms with E-state index < -0.39 is 11.9 Å². The average molecular weight is 1090 g/mol. The Morgan fingerprint density at radius 2 is 0.838 bits per heavy atom. The molecule has 12 nitrogen and oxygen atoms in total. The normalized spacial score (nSPS) is 23.3. The zero-order chi connectivity index (χ0) is 52.1. The minimum Gasteiger partial charge on any atom is -0.493 e. The van der Waals surface area contributed by atoms with E-state index in [0.29, 0.717) is 98.1 Å². The van der Waals surface area contributed by atoms with Crippen LogP contribution in [0.15, 0.2) is 69.2 Å². The van der Waals surface area contributed by atoms with Gasteiger partial charge in [-0.2, -0.15) is 0 Å². The van der Waals surface area contributed by atoms with Crippen molar-refractivity contribution in [1.29, 1.82) is 0 Å². The van der Waals surface area contributed by atoms with Crippen LogP contribution in [0.2, 0.25) is 0 Å². The van der Waals surface area contributed by atoms with Crippen LogP contribution < -0.4 is 18.9 Å². The van der Waals surface area contributed by atoms with E-state index in [2.05, 4.69) is 13.2 Å². The summed E-state index contributed by atoms with van der Waals surface area (Å²) in [5, 5.41) is 0. The molecule has 2 atom stereocenters. The summed E-state index contributed by atoms with van der Waals surface area (Å²) in [6.45, 7) is 12.6. The molecular weight excluding hydrogens is 1020 g/mol. The Hall–Kier alpha value is -4.38. The van der Waals surface area contributed by atoms with Gasteiger partial charge in [0.1, 0.15) is 23.0 Å². The lowest BCUT2D eigenvalue weighted by atomic mass is 9.69. The molecule has 6 aliphatic rings. The largest absolute Gasteiger partial charge is 0.493 e. The van der Waals surface area contributed by atoms with E-state index >= 15 is 0 Å². The number of rotatable bonds is 23. The first-order chi connectivity index (χ1) is 36.0. The molecule has 2 aromatic rings. The predicted molar refractivity (Wildman–Crippen MR) is 295 cm³/mol. The number of carbonyl (C=O) groups is 6. The monoisotopic (exact) mass is 1090 g/mol. The third kappa shape index (κ3) is 13.4. The number of carbonyl (C=O) groups excluding carboxylic acids is 6. The van der Waals surface area contributed by atoms with Gasteiger partial charge in [0.15, 0.2) is 11.6 Å². The highest BCUT2D eigenvalue weighted by Gasteiger charge is 2.43. The number of Topliss-reactive ketones (excluding diaryl/α,β-unsaturated/α-hetero) is 2. The minimum atomic E-state index is -0.414. The summed E-state index contributed by atoms with van der Waals surface area (Å²) < 4.78 is 37.3. The Balaban J connectivity index is 0.830. The summed E-state index contributed by atoms with van der Waals surface area (Å²) in [5.74, 6) is 4.08. The molecule has 398 valence electrons. The predicted octanol–water partition coefficient (Wildman–Crippen LogP) is 13.1. The van der Waals surface area contributed by atoms with Crippen molar-refractivity contribution in [3.05, 3.63) is 91.4 Å². The maximum absolute atomic E-state index is 14.2. The molecule has 0 amide bonds. The van der Waals surface area contributed by atoms with Crippen molar-refractivity contribution in [2.75, 3.05) is 49.4 Å². The number of ketones is 2. The van der Waals surface area contributed by atoms with Gasteiger partial charge in [-0.3, -0.25) is 19.2 Å². The van der Waals surface area contributed by atoms with Crippen LogP contribution in [0.4, 0.5) is 0 Å². The SMILES string of the molecule is C=CC(=O)OCCCCCCOc1ccc(OC(=O)C2CCC(C3CCC(C(=O)Oc4ccc(OCCCCCCOC(=O)C=C)c5c4C(=O)C(=C4SCCS4)C5C)CC3)CC2)c2c1C(C)C(=C1SCCS1)C2=O. The van der Waals surface area contributed by atoms with Gasteiger partial charge in [0.05, 0.1) is 49.4 Å². The van der Waals surface area contributed by atoms with E-state index in [0.717, 1.165) is 131 Å². The van der Waals surface area contributed by atoms with E-state index in [1.54, 1.807) is 59.2 Å². The molecule has 2 heterocycles. The topological polar surface area (TPSA) is 158 Å². The maximum atomic E-state index is 14.2. The van der Waals surface area contributed by atoms with Crippen LogP contribution in [0.3, 0.4) is 0 Å². The van der Waals surface area contributed by atoms with E-state index in [-0.39, 0.29) is 47.2 Å². The van der Waals surface area contributed by atoms with Crippen LogP contribution >= 0.6 is 47.0 Å². The van der Waals surface area contributed by atoms with E-state index in [4.69, 9.17) is 28.4 Å². The van der Waals surface area contributed by atoms with Gasteiger partial charge < -0.3 is 28.4 Å². The second-order valence-electron chi connectivity index (χ2n) is 19.9. The highest BCUT2D eigenvalue weighted by Crippen LogP contribution is 2.54. The number of hydrogen-bond acceptors (Lipinski definition) is 16. The number of ether oxygens (including phenoxy) is 6. The van der Waals surface area contributed by atoms with Crippen molar-refractivity contribution in [2.45, 2.75) is 128 Å². The van der Waals surface area contributed by atoms with Gasteiger partial charge in [0.25, 0.3) is 0 Å². The van der Waals surface area contributed by atoms with Gasteiger partial charge in [-0.15, -0.1) is 47.0 Å². The van der Waals surface area contributed by atoms with E-state index in [1.165, 1.54) is 12.2 Å². The molecule has 74 heavy (non-hydrogen) atoms. The molecule has 0 bridgehead atoms. The van der Waals surface area contributed by atoms with E-state index in [9.17, 15) is 28.8 Å². The van der Waals surface area contributed by atoms with Crippen molar-refractivity contribution in [1.82, 2.24) is 0 Å². The van der Waals surface area contributed by atoms with Gasteiger partial charge in [-0.1, -0.05) is 27.0 Å². The summed E-state index contributed by atoms with van der Waals surface area (Å²) >= 11 is 6.85. The summed E-state index contributed by atoms with van der Waals surface area (Å²) in [6.07, 6.45) is 15.5. The Kier molecular flexibility index (Phi) is 20.4. The van der Waals surface area contributed by atoms with Gasteiger partial charge in [-0.25, -0.2) is 9.59 Å². The fraction of sp³-hybridized carbons (Fsp3) is 0.552. The molecule has 16 heteroatoms. The molecule has 0 N–H and O–H groups in total. The smallest absolute Gasteiger partial charge is 0.330 e. The number of thioether (sulfide) groups is 4. The van der Waals surface area contributed by atoms with Gasteiger partial charge in [0, 0.05) is 77.7 Å². The number of allylic oxidation sites excluding steroid dienone is 2. The van der Waals surface area contributed by atoms with Crippen LogP contribution in [-0.2, 0) is 28.7 Å². The van der Waals surface area contributed by atoms with E-state index in [1.807, 2.05) is 26.0 Å². The second kappa shape index (κ2) is 27.1. The van der Waals surface area contributed by atoms with Crippen LogP contribution in [0.5, 0.6) is 23.0 Å². The molecule has 2 unspecified atom stereocenters. The van der Waals surface area contributed by atoms with Crippen molar-refractivity contribution in [2.24, 2.45) is 23.7 Å². The summed E-state index contributed by atoms with van der Waals surface area (Å²) in [6, 6.07) is 7.13. The number of fused-ring (bicyclic) bond motifs is 2. The zero-order valence-electron chi connectivity index (χ0n) is 42.8. The lowest BCUT2D eigenvalue weighted by Crippen LogP contribution is -2.32. The van der Waals surface area contributed by atoms with Crippen LogP contribution in [0.1, 0.15) is 160 Å². The van der Waals surface area contributed by atoms with Gasteiger partial charge >= 0.3 is 23.9 Å². The summed E-state index contributed by atoms with van der Waals surface area (Å²) in [7, 11) is 0. The number of esters is 4. The maximum Gasteiger partial charge on any atom is 0.330 e. The average Bonchev–Trinajstić information content (AvgIpc) is 4.25. The van der Waals surface area contributed by atoms with Gasteiger partial charge in [0.2, 0.25) is 0 Å². The second-order valence-corrected chi connectivity index (χ2v) is 24.9. The number of hydrogen-bond donors (Lipinski definition) is 0. The molecule has 0 aromatic heterocycles. The molecule has 4 aliphatic carbocycles. The fourth-order valence-electron chi connectivity index (χ4n) is 11.3. The van der Waals surface area contributed by atoms with Crippen LogP contribution in [-0.4, -0.2) is 84.9 Å². The van der Waals surface area contributed by atoms with Crippen molar-refractivity contribution in [3.8, 4) is 23.0 Å². The summed E-state index contributed by atoms with van der Waals surface area (Å²) in [5.41, 5.74) is 3.98. The van der Waals surface area contributed by atoms with Crippen molar-refractivity contribution in [3.63, 3.8) is 0 Å². The molecular formula is C58H70O12S4. The molecule has 2 saturated carbocycles. The molecule has 2 aromatic carbocycles. The quantitative estimate of drug-likeness (QED) is 0.0447. The first-order valence-electron chi connectivity index (χ1n) is 26.7. The minimum absolute atomic E-state index is 0.0865. The van der Waals surface area contributed by atoms with Crippen LogP contribution in [0.25, 0.3) is 0 Å². The molecule has 4 fully saturated rings. The Bertz CT molecular complexity index is 2330. The summed E-state index contributed by atoms with van der Waals surface area (Å²) in [4.78, 5) is 78.9. The zero-order valence-corrected chi connectivity index (χ0v) is 46.1. The Morgan fingerprint density at radius 3 is 1.19 bits per heavy atom. The molecule has 8 rings (SSSR count). The highest BCUT2D eigenvalue weighted by atomic mass is 32.2. The molecule has 2 saturated heterocycles. The first-order valence-corrected chi connectivity index (χ1v) is 30.6. The molecule has 0 spiro atoms. The Morgan fingerprint density at radius 1 is 0.500 bits per heavy atom. The molecule has 2 aliphatic heterocycles. The highest BCUT2D eigenvalue weighted by molar-refractivity contribution is 8.25. The van der Waals surface area contributed by atoms with Crippen LogP contribution in [0, 0.1) is 23.7 Å². The van der Waals surface area contributed by atoms with Gasteiger partial charge in [-0.05, 0) is 139 Å². The number of benzene rings is 2. The number of unbranched alkanes of at least 4 members (excludes halogenated alkanes) is 6. The fourth-order valence-corrected chi connectivity index (χ4v) is 16.8. The lowest BCUT2D eigenvalue weighted by Gasteiger charge is -2.36. The lowest BCUT2D eigenvalue weighted by molar-refractivity contribution is -0.142. The third-order valence-corrected chi connectivity index (χ3v) is 20.8. The molecule has 0 radical (unpaired) electrons. The Labute approximate surface area is 453 Å². The van der Waals surface area contributed by atoms with Crippen molar-refractivity contribution >= 4 is 82.5 Å². The van der Waals surface area contributed by atoms with Crippen molar-refractivity contribution < 1.29 is 57.2 Å². The third-order valence-electron chi connectivity index (χ3n) is 15.3. The standard InChI is InChI=1S/C58H70O12S4/c1-5-45(59)67-29-13-9-7-11-27-65-41-23-25-43(51-47(41)35(3)49(53(51)61)57-71-31-32-72-57)69-55(63)39-19-15-37(16-20-39)38-17-21-40(22-18-38)56(64)70-44-26-24-42(66-28-12-8-10-14-30-68-46(60)6-2)48-36(4)50(54(62)52(44)48)58-73-33-34-74-58/h5-6,23-26,35-40H,1-2,7-22,27-34H2,3-4H3.